The van der Waals surface area contributed by atoms with Gasteiger partial charge in [-0.25, -0.2) is 4.98 Å². The Morgan fingerprint density at radius 3 is 2.39 bits per heavy atom. The number of anilines is 1. The predicted octanol–water partition coefficient (Wildman–Crippen LogP) is 7.23. The Morgan fingerprint density at radius 1 is 0.935 bits per heavy atom. The SMILES string of the molecule is O=C(CSc1ncc(-c2ccc(Cl)c(Cl)c2)n1-c1ccccc1)Nc1ccc(Cl)cc1. The number of nitrogens with one attached hydrogen (secondary N) is 1. The third-order valence-electron chi connectivity index (χ3n) is 4.42. The Bertz CT molecular complexity index is 1210. The first-order valence-electron chi connectivity index (χ1n) is 9.28. The summed E-state index contributed by atoms with van der Waals surface area (Å²) in [6, 6.07) is 22.3. The highest BCUT2D eigenvalue weighted by Gasteiger charge is 2.16. The minimum absolute atomic E-state index is 0.133. The summed E-state index contributed by atoms with van der Waals surface area (Å²) in [6.07, 6.45) is 1.77. The van der Waals surface area contributed by atoms with Crippen molar-refractivity contribution in [3.63, 3.8) is 0 Å². The van der Waals surface area contributed by atoms with Crippen molar-refractivity contribution in [2.45, 2.75) is 5.16 Å². The molecule has 0 unspecified atom stereocenters. The summed E-state index contributed by atoms with van der Waals surface area (Å²) in [6.45, 7) is 0. The number of carbonyl (C=O) groups excluding carboxylic acids is 1. The van der Waals surface area contributed by atoms with Gasteiger partial charge in [0.25, 0.3) is 0 Å². The zero-order chi connectivity index (χ0) is 21.8. The topological polar surface area (TPSA) is 46.9 Å². The molecule has 1 N–H and O–H groups in total. The monoisotopic (exact) mass is 487 g/mol. The third-order valence-corrected chi connectivity index (χ3v) is 6.36. The van der Waals surface area contributed by atoms with Crippen LogP contribution in [0.15, 0.2) is 84.1 Å². The minimum Gasteiger partial charge on any atom is -0.325 e. The fourth-order valence-corrected chi connectivity index (χ4v) is 4.20. The Labute approximate surface area is 199 Å². The van der Waals surface area contributed by atoms with E-state index in [4.69, 9.17) is 34.8 Å². The molecular formula is C23H16Cl3N3OS. The fraction of sp³-hybridized carbons (Fsp3) is 0.0435. The molecule has 0 fully saturated rings. The van der Waals surface area contributed by atoms with Gasteiger partial charge in [0, 0.05) is 22.0 Å². The van der Waals surface area contributed by atoms with Gasteiger partial charge in [0.15, 0.2) is 5.16 Å². The van der Waals surface area contributed by atoms with Crippen molar-refractivity contribution in [3.8, 4) is 16.9 Å². The summed E-state index contributed by atoms with van der Waals surface area (Å²) in [5.74, 6) is 0.0684. The van der Waals surface area contributed by atoms with E-state index in [1.807, 2.05) is 47.0 Å². The fourth-order valence-electron chi connectivity index (χ4n) is 2.98. The van der Waals surface area contributed by atoms with Crippen LogP contribution in [0, 0.1) is 0 Å². The van der Waals surface area contributed by atoms with Crippen LogP contribution in [0.25, 0.3) is 16.9 Å². The van der Waals surface area contributed by atoms with Crippen molar-refractivity contribution in [1.29, 1.82) is 0 Å². The maximum atomic E-state index is 12.4. The van der Waals surface area contributed by atoms with E-state index in [-0.39, 0.29) is 11.7 Å². The summed E-state index contributed by atoms with van der Waals surface area (Å²) in [5.41, 5.74) is 3.35. The zero-order valence-electron chi connectivity index (χ0n) is 16.1. The number of benzene rings is 3. The molecule has 0 aliphatic heterocycles. The number of imidazole rings is 1. The highest BCUT2D eigenvalue weighted by Crippen LogP contribution is 2.33. The lowest BCUT2D eigenvalue weighted by atomic mass is 10.1. The molecule has 156 valence electrons. The number of hydrogen-bond acceptors (Lipinski definition) is 3. The van der Waals surface area contributed by atoms with Gasteiger partial charge in [-0.2, -0.15) is 0 Å². The van der Waals surface area contributed by atoms with Gasteiger partial charge in [0.1, 0.15) is 0 Å². The number of rotatable bonds is 6. The first kappa shape index (κ1) is 21.8. The van der Waals surface area contributed by atoms with E-state index in [0.29, 0.717) is 25.9 Å². The molecule has 0 saturated carbocycles. The molecule has 1 amide bonds. The van der Waals surface area contributed by atoms with E-state index >= 15 is 0 Å². The molecule has 4 aromatic rings. The molecule has 1 heterocycles. The van der Waals surface area contributed by atoms with Crippen molar-refractivity contribution in [3.05, 3.63) is 94.1 Å². The molecular weight excluding hydrogens is 473 g/mol. The van der Waals surface area contributed by atoms with Gasteiger partial charge in [-0.05, 0) is 48.5 Å². The standard InChI is InChI=1S/C23H16Cl3N3OS/c24-16-7-9-17(10-8-16)28-22(30)14-31-23-27-13-21(15-6-11-19(25)20(26)12-15)29(23)18-4-2-1-3-5-18/h1-13H,14H2,(H,28,30). The number of halogens is 3. The minimum atomic E-state index is -0.133. The van der Waals surface area contributed by atoms with E-state index in [0.717, 1.165) is 16.9 Å². The number of hydrogen-bond donors (Lipinski definition) is 1. The predicted molar refractivity (Wildman–Crippen MR) is 130 cm³/mol. The Hall–Kier alpha value is -2.44. The quantitative estimate of drug-likeness (QED) is 0.291. The molecule has 0 aliphatic carbocycles. The van der Waals surface area contributed by atoms with E-state index in [1.165, 1.54) is 11.8 Å². The van der Waals surface area contributed by atoms with Gasteiger partial charge < -0.3 is 5.32 Å². The summed E-state index contributed by atoms with van der Waals surface area (Å²) >= 11 is 19.6. The number of amides is 1. The van der Waals surface area contributed by atoms with Crippen LogP contribution >= 0.6 is 46.6 Å². The second-order valence-corrected chi connectivity index (χ2v) is 8.76. The van der Waals surface area contributed by atoms with Gasteiger partial charge in [-0.15, -0.1) is 0 Å². The van der Waals surface area contributed by atoms with E-state index in [2.05, 4.69) is 10.3 Å². The lowest BCUT2D eigenvalue weighted by Gasteiger charge is -2.12. The van der Waals surface area contributed by atoms with Crippen LogP contribution in [0.5, 0.6) is 0 Å². The summed E-state index contributed by atoms with van der Waals surface area (Å²) in [7, 11) is 0. The van der Waals surface area contributed by atoms with Gasteiger partial charge in [-0.3, -0.25) is 9.36 Å². The number of carbonyl (C=O) groups is 1. The molecule has 0 bridgehead atoms. The van der Waals surface area contributed by atoms with E-state index < -0.39 is 0 Å². The average molecular weight is 489 g/mol. The van der Waals surface area contributed by atoms with Gasteiger partial charge >= 0.3 is 0 Å². The van der Waals surface area contributed by atoms with Crippen molar-refractivity contribution in [1.82, 2.24) is 9.55 Å². The van der Waals surface area contributed by atoms with Gasteiger partial charge in [-0.1, -0.05) is 70.8 Å². The summed E-state index contributed by atoms with van der Waals surface area (Å²) < 4.78 is 2.00. The number of aromatic nitrogens is 2. The smallest absolute Gasteiger partial charge is 0.234 e. The van der Waals surface area contributed by atoms with Crippen LogP contribution in [0.4, 0.5) is 5.69 Å². The van der Waals surface area contributed by atoms with Crippen LogP contribution in [0.2, 0.25) is 15.1 Å². The van der Waals surface area contributed by atoms with Crippen molar-refractivity contribution < 1.29 is 4.79 Å². The molecule has 0 saturated heterocycles. The Morgan fingerprint density at radius 2 is 1.68 bits per heavy atom. The van der Waals surface area contributed by atoms with Crippen molar-refractivity contribution >= 4 is 58.2 Å². The normalized spacial score (nSPS) is 10.8. The molecule has 3 aromatic carbocycles. The first-order valence-corrected chi connectivity index (χ1v) is 11.4. The average Bonchev–Trinajstić information content (AvgIpc) is 3.20. The molecule has 0 radical (unpaired) electrons. The lowest BCUT2D eigenvalue weighted by molar-refractivity contribution is -0.113. The van der Waals surface area contributed by atoms with Crippen LogP contribution in [-0.4, -0.2) is 21.2 Å². The molecule has 0 atom stereocenters. The molecule has 4 rings (SSSR count). The van der Waals surface area contributed by atoms with Crippen LogP contribution in [0.3, 0.4) is 0 Å². The maximum Gasteiger partial charge on any atom is 0.234 e. The number of thioether (sulfide) groups is 1. The molecule has 0 spiro atoms. The summed E-state index contributed by atoms with van der Waals surface area (Å²) in [4.78, 5) is 17.0. The third kappa shape index (κ3) is 5.25. The van der Waals surface area contributed by atoms with E-state index in [9.17, 15) is 4.79 Å². The zero-order valence-corrected chi connectivity index (χ0v) is 19.1. The van der Waals surface area contributed by atoms with Crippen LogP contribution in [-0.2, 0) is 4.79 Å². The Balaban J connectivity index is 1.60. The Kier molecular flexibility index (Phi) is 6.88. The highest BCUT2D eigenvalue weighted by atomic mass is 35.5. The van der Waals surface area contributed by atoms with E-state index in [1.54, 1.807) is 36.5 Å². The molecule has 1 aromatic heterocycles. The lowest BCUT2D eigenvalue weighted by Crippen LogP contribution is -2.14. The van der Waals surface area contributed by atoms with Gasteiger partial charge in [0.05, 0.1) is 27.7 Å². The largest absolute Gasteiger partial charge is 0.325 e. The second-order valence-electron chi connectivity index (χ2n) is 6.57. The van der Waals surface area contributed by atoms with Crippen LogP contribution in [0.1, 0.15) is 0 Å². The molecule has 8 heteroatoms. The molecule has 31 heavy (non-hydrogen) atoms. The first-order chi connectivity index (χ1) is 15.0. The number of nitrogens with zero attached hydrogens (tertiary/aromatic N) is 2. The summed E-state index contributed by atoms with van der Waals surface area (Å²) in [5, 5.41) is 5.13. The molecule has 4 nitrogen and oxygen atoms in total. The highest BCUT2D eigenvalue weighted by molar-refractivity contribution is 7.99. The second kappa shape index (κ2) is 9.79. The van der Waals surface area contributed by atoms with Crippen molar-refractivity contribution in [2.75, 3.05) is 11.1 Å². The van der Waals surface area contributed by atoms with Crippen LogP contribution < -0.4 is 5.32 Å². The molecule has 0 aliphatic rings. The van der Waals surface area contributed by atoms with Gasteiger partial charge in [0.2, 0.25) is 5.91 Å². The maximum absolute atomic E-state index is 12.4. The number of para-hydroxylation sites is 1. The van der Waals surface area contributed by atoms with Crippen molar-refractivity contribution in [2.24, 2.45) is 0 Å².